The highest BCUT2D eigenvalue weighted by Crippen LogP contribution is 2.15. The summed E-state index contributed by atoms with van der Waals surface area (Å²) >= 11 is 0. The number of hydrogen-bond acceptors (Lipinski definition) is 4. The van der Waals surface area contributed by atoms with Crippen LogP contribution in [0.4, 0.5) is 0 Å². The van der Waals surface area contributed by atoms with Crippen LogP contribution in [0.3, 0.4) is 0 Å². The van der Waals surface area contributed by atoms with E-state index in [1.807, 2.05) is 13.0 Å². The maximum atomic E-state index is 12.2. The molecule has 1 fully saturated rings. The van der Waals surface area contributed by atoms with Gasteiger partial charge in [0.15, 0.2) is 0 Å². The predicted octanol–water partition coefficient (Wildman–Crippen LogP) is 1.08. The number of benzene rings is 1. The molecule has 0 saturated carbocycles. The zero-order valence-corrected chi connectivity index (χ0v) is 12.7. The fraction of sp³-hybridized carbons (Fsp3) is 0.571. The van der Waals surface area contributed by atoms with Gasteiger partial charge < -0.3 is 10.6 Å². The highest BCUT2D eigenvalue weighted by atomic mass is 32.2. The Balaban J connectivity index is 1.96. The molecule has 0 spiro atoms. The Labute approximate surface area is 121 Å². The van der Waals surface area contributed by atoms with Crippen LogP contribution in [0, 0.1) is 0 Å². The molecule has 1 aromatic rings. The lowest BCUT2D eigenvalue weighted by Crippen LogP contribution is -2.33. The van der Waals surface area contributed by atoms with E-state index in [2.05, 4.69) is 9.62 Å². The Hall–Kier alpha value is -0.950. The quantitative estimate of drug-likeness (QED) is 0.824. The molecule has 0 aliphatic carbocycles. The molecule has 1 aromatic carbocycles. The largest absolute Gasteiger partial charge is 0.324 e. The molecule has 1 aliphatic rings. The Morgan fingerprint density at radius 1 is 1.35 bits per heavy atom. The highest BCUT2D eigenvalue weighted by molar-refractivity contribution is 7.89. The van der Waals surface area contributed by atoms with Crippen molar-refractivity contribution in [3.05, 3.63) is 29.8 Å². The molecule has 1 saturated heterocycles. The first-order valence-electron chi connectivity index (χ1n) is 7.06. The van der Waals surface area contributed by atoms with Gasteiger partial charge >= 0.3 is 0 Å². The summed E-state index contributed by atoms with van der Waals surface area (Å²) in [5, 5.41) is 0. The SMILES string of the molecule is CC(N)c1cccc(S(=O)(=O)NCCN2CCCC2)c1. The van der Waals surface area contributed by atoms with Crippen molar-refractivity contribution >= 4 is 10.0 Å². The van der Waals surface area contributed by atoms with Crippen molar-refractivity contribution in [2.45, 2.75) is 30.7 Å². The summed E-state index contributed by atoms with van der Waals surface area (Å²) < 4.78 is 27.1. The van der Waals surface area contributed by atoms with Crippen molar-refractivity contribution in [2.24, 2.45) is 5.73 Å². The first kappa shape index (κ1) is 15.4. The predicted molar refractivity (Wildman–Crippen MR) is 79.9 cm³/mol. The van der Waals surface area contributed by atoms with Crippen LogP contribution in [-0.4, -0.2) is 39.5 Å². The fourth-order valence-corrected chi connectivity index (χ4v) is 3.47. The minimum Gasteiger partial charge on any atom is -0.324 e. The lowest BCUT2D eigenvalue weighted by atomic mass is 10.1. The smallest absolute Gasteiger partial charge is 0.240 e. The number of nitrogens with one attached hydrogen (secondary N) is 1. The molecule has 0 bridgehead atoms. The lowest BCUT2D eigenvalue weighted by molar-refractivity contribution is 0.344. The van der Waals surface area contributed by atoms with Gasteiger partial charge in [-0.1, -0.05) is 12.1 Å². The molecule has 112 valence electrons. The van der Waals surface area contributed by atoms with Crippen LogP contribution < -0.4 is 10.5 Å². The third kappa shape index (κ3) is 4.02. The zero-order valence-electron chi connectivity index (χ0n) is 11.9. The maximum Gasteiger partial charge on any atom is 0.240 e. The summed E-state index contributed by atoms with van der Waals surface area (Å²) in [6.07, 6.45) is 2.42. The van der Waals surface area contributed by atoms with Crippen molar-refractivity contribution in [2.75, 3.05) is 26.2 Å². The monoisotopic (exact) mass is 297 g/mol. The van der Waals surface area contributed by atoms with Gasteiger partial charge in [-0.25, -0.2) is 13.1 Å². The normalized spacial score (nSPS) is 18.3. The molecule has 1 aliphatic heterocycles. The Morgan fingerprint density at radius 2 is 2.05 bits per heavy atom. The number of nitrogens with zero attached hydrogens (tertiary/aromatic N) is 1. The fourth-order valence-electron chi connectivity index (χ4n) is 2.39. The Kier molecular flexibility index (Phi) is 5.15. The van der Waals surface area contributed by atoms with Gasteiger partial charge in [0.25, 0.3) is 0 Å². The Morgan fingerprint density at radius 3 is 2.70 bits per heavy atom. The number of sulfonamides is 1. The molecule has 2 rings (SSSR count). The number of likely N-dealkylation sites (tertiary alicyclic amines) is 1. The van der Waals surface area contributed by atoms with E-state index in [9.17, 15) is 8.42 Å². The van der Waals surface area contributed by atoms with Crippen molar-refractivity contribution in [3.8, 4) is 0 Å². The van der Waals surface area contributed by atoms with E-state index < -0.39 is 10.0 Å². The van der Waals surface area contributed by atoms with Crippen LogP contribution in [-0.2, 0) is 10.0 Å². The molecular formula is C14H23N3O2S. The van der Waals surface area contributed by atoms with Gasteiger partial charge in [0.1, 0.15) is 0 Å². The van der Waals surface area contributed by atoms with Crippen molar-refractivity contribution in [1.29, 1.82) is 0 Å². The van der Waals surface area contributed by atoms with Gasteiger partial charge in [0.2, 0.25) is 10.0 Å². The van der Waals surface area contributed by atoms with Crippen LogP contribution in [0.5, 0.6) is 0 Å². The van der Waals surface area contributed by atoms with E-state index in [0.717, 1.165) is 25.2 Å². The topological polar surface area (TPSA) is 75.4 Å². The maximum absolute atomic E-state index is 12.2. The van der Waals surface area contributed by atoms with Gasteiger partial charge in [0, 0.05) is 19.1 Å². The molecule has 3 N–H and O–H groups in total. The number of nitrogens with two attached hydrogens (primary N) is 1. The molecule has 1 heterocycles. The van der Waals surface area contributed by atoms with Crippen LogP contribution in [0.1, 0.15) is 31.4 Å². The first-order chi connectivity index (χ1) is 9.49. The zero-order chi connectivity index (χ0) is 14.6. The van der Waals surface area contributed by atoms with Crippen molar-refractivity contribution in [3.63, 3.8) is 0 Å². The standard InChI is InChI=1S/C14H23N3O2S/c1-12(15)13-5-4-6-14(11-13)20(18,19)16-7-10-17-8-2-3-9-17/h4-6,11-12,16H,2-3,7-10,15H2,1H3. The average molecular weight is 297 g/mol. The van der Waals surface area contributed by atoms with Crippen LogP contribution in [0.2, 0.25) is 0 Å². The van der Waals surface area contributed by atoms with E-state index in [0.29, 0.717) is 6.54 Å². The van der Waals surface area contributed by atoms with E-state index in [-0.39, 0.29) is 10.9 Å². The summed E-state index contributed by atoms with van der Waals surface area (Å²) in [6, 6.07) is 6.64. The molecular weight excluding hydrogens is 274 g/mol. The first-order valence-corrected chi connectivity index (χ1v) is 8.55. The molecule has 0 radical (unpaired) electrons. The minimum atomic E-state index is -3.44. The van der Waals surface area contributed by atoms with Gasteiger partial charge in [-0.15, -0.1) is 0 Å². The van der Waals surface area contributed by atoms with E-state index in [4.69, 9.17) is 5.73 Å². The van der Waals surface area contributed by atoms with Crippen LogP contribution in [0.25, 0.3) is 0 Å². The summed E-state index contributed by atoms with van der Waals surface area (Å²) in [4.78, 5) is 2.56. The summed E-state index contributed by atoms with van der Waals surface area (Å²) in [5.74, 6) is 0. The van der Waals surface area contributed by atoms with E-state index in [1.54, 1.807) is 18.2 Å². The molecule has 5 nitrogen and oxygen atoms in total. The summed E-state index contributed by atoms with van der Waals surface area (Å²) in [6.45, 7) is 5.20. The van der Waals surface area contributed by atoms with E-state index in [1.165, 1.54) is 12.8 Å². The van der Waals surface area contributed by atoms with Gasteiger partial charge in [-0.05, 0) is 50.6 Å². The number of rotatable bonds is 6. The molecule has 1 unspecified atom stereocenters. The molecule has 1 atom stereocenters. The third-order valence-electron chi connectivity index (χ3n) is 3.61. The third-order valence-corrected chi connectivity index (χ3v) is 5.07. The molecule has 6 heteroatoms. The second-order valence-electron chi connectivity index (χ2n) is 5.31. The second-order valence-corrected chi connectivity index (χ2v) is 7.07. The minimum absolute atomic E-state index is 0.172. The van der Waals surface area contributed by atoms with E-state index >= 15 is 0 Å². The molecule has 0 amide bonds. The van der Waals surface area contributed by atoms with Crippen LogP contribution in [0.15, 0.2) is 29.2 Å². The van der Waals surface area contributed by atoms with Gasteiger partial charge in [0.05, 0.1) is 4.90 Å². The Bertz CT molecular complexity index is 537. The van der Waals surface area contributed by atoms with Gasteiger partial charge in [-0.2, -0.15) is 0 Å². The highest BCUT2D eigenvalue weighted by Gasteiger charge is 2.16. The lowest BCUT2D eigenvalue weighted by Gasteiger charge is -2.15. The van der Waals surface area contributed by atoms with Crippen molar-refractivity contribution < 1.29 is 8.42 Å². The molecule has 0 aromatic heterocycles. The summed E-state index contributed by atoms with van der Waals surface area (Å²) in [5.41, 5.74) is 6.61. The summed E-state index contributed by atoms with van der Waals surface area (Å²) in [7, 11) is -3.44. The van der Waals surface area contributed by atoms with Gasteiger partial charge in [-0.3, -0.25) is 0 Å². The van der Waals surface area contributed by atoms with Crippen LogP contribution >= 0.6 is 0 Å². The average Bonchev–Trinajstić information content (AvgIpc) is 2.92. The second kappa shape index (κ2) is 6.67. The molecule has 20 heavy (non-hydrogen) atoms. The number of hydrogen-bond donors (Lipinski definition) is 2. The van der Waals surface area contributed by atoms with Crippen molar-refractivity contribution in [1.82, 2.24) is 9.62 Å².